The van der Waals surface area contributed by atoms with Crippen molar-refractivity contribution in [2.75, 3.05) is 0 Å². The van der Waals surface area contributed by atoms with Gasteiger partial charge in [-0.05, 0) is 50.7 Å². The Morgan fingerprint density at radius 3 is 2.06 bits per heavy atom. The Morgan fingerprint density at radius 2 is 1.17 bits per heavy atom. The molecule has 2 heterocycles. The van der Waals surface area contributed by atoms with E-state index < -0.39 is 0 Å². The summed E-state index contributed by atoms with van der Waals surface area (Å²) in [6, 6.07) is 54.5. The summed E-state index contributed by atoms with van der Waals surface area (Å²) in [5, 5.41) is 5.90. The van der Waals surface area contributed by atoms with Gasteiger partial charge in [-0.1, -0.05) is 153 Å². The second-order valence-electron chi connectivity index (χ2n) is 13.4. The van der Waals surface area contributed by atoms with Gasteiger partial charge in [0.1, 0.15) is 0 Å². The Bertz CT molecular complexity index is 2750. The van der Waals surface area contributed by atoms with Gasteiger partial charge < -0.3 is 0 Å². The van der Waals surface area contributed by atoms with Crippen molar-refractivity contribution in [2.45, 2.75) is 19.3 Å². The summed E-state index contributed by atoms with van der Waals surface area (Å²) in [5.41, 5.74) is 12.8. The first kappa shape index (κ1) is 27.1. The van der Waals surface area contributed by atoms with Gasteiger partial charge in [0.05, 0.1) is 22.2 Å². The summed E-state index contributed by atoms with van der Waals surface area (Å²) >= 11 is 0. The Balaban J connectivity index is 1.38. The van der Waals surface area contributed by atoms with E-state index in [4.69, 9.17) is 9.97 Å². The maximum Gasteiger partial charge on any atom is 0.235 e. The summed E-state index contributed by atoms with van der Waals surface area (Å²) in [5.74, 6) is 0.670. The molecule has 0 amide bonds. The lowest BCUT2D eigenvalue weighted by atomic mass is 9.82. The van der Waals surface area contributed by atoms with Crippen LogP contribution in [-0.4, -0.2) is 14.5 Å². The van der Waals surface area contributed by atoms with Crippen LogP contribution >= 0.6 is 0 Å². The zero-order valence-electron chi connectivity index (χ0n) is 26.8. The average Bonchev–Trinajstić information content (AvgIpc) is 3.61. The second kappa shape index (κ2) is 9.97. The van der Waals surface area contributed by atoms with Crippen molar-refractivity contribution >= 4 is 43.5 Å². The Hall–Kier alpha value is -6.06. The highest BCUT2D eigenvalue weighted by molar-refractivity contribution is 6.23. The molecule has 48 heavy (non-hydrogen) atoms. The third-order valence-corrected chi connectivity index (χ3v) is 10.4. The fraction of sp³-hybridized carbons (Fsp3) is 0.0667. The molecule has 9 aromatic rings. The quantitative estimate of drug-likeness (QED) is 0.198. The summed E-state index contributed by atoms with van der Waals surface area (Å²) in [6.07, 6.45) is 0. The van der Waals surface area contributed by atoms with Crippen molar-refractivity contribution in [1.29, 1.82) is 0 Å². The fourth-order valence-electron chi connectivity index (χ4n) is 8.22. The maximum atomic E-state index is 5.41. The van der Waals surface area contributed by atoms with Gasteiger partial charge in [-0.2, -0.15) is 0 Å². The molecule has 1 aliphatic rings. The molecule has 0 saturated heterocycles. The number of hydrogen-bond donors (Lipinski definition) is 0. The Morgan fingerprint density at radius 1 is 0.500 bits per heavy atom. The lowest BCUT2D eigenvalue weighted by Crippen LogP contribution is -2.14. The smallest absolute Gasteiger partial charge is 0.235 e. The largest absolute Gasteiger partial charge is 0.277 e. The van der Waals surface area contributed by atoms with Gasteiger partial charge in [0.2, 0.25) is 5.95 Å². The van der Waals surface area contributed by atoms with Gasteiger partial charge in [-0.25, -0.2) is 9.97 Å². The zero-order chi connectivity index (χ0) is 32.0. The predicted octanol–water partition coefficient (Wildman–Crippen LogP) is 11.5. The second-order valence-corrected chi connectivity index (χ2v) is 13.4. The van der Waals surface area contributed by atoms with Crippen LogP contribution in [0.2, 0.25) is 0 Å². The van der Waals surface area contributed by atoms with E-state index in [-0.39, 0.29) is 5.41 Å². The number of benzene rings is 7. The van der Waals surface area contributed by atoms with Gasteiger partial charge in [0.25, 0.3) is 0 Å². The average molecular weight is 614 g/mol. The number of nitrogens with zero attached hydrogens (tertiary/aromatic N) is 3. The third kappa shape index (κ3) is 3.70. The molecular weight excluding hydrogens is 583 g/mol. The SMILES string of the molecule is CC1(C)c2ccccc2-c2c(-c3cccc4c5c6ccccc6ccc5n(-c5nc(-c6ccccc6)c6ccccc6n5)c34)cccc21. The standard InChI is InChI=1S/C45H31N3/c1-45(2)36-23-10-8-18-33(36)40-31(20-13-24-37(40)45)32-21-12-22-35-41-30-17-7-6-14-28(30)26-27-39(41)48(43(32)35)44-46-38-25-11-9-19-34(38)42(47-44)29-15-4-3-5-16-29/h3-27H,1-2H3. The van der Waals surface area contributed by atoms with Gasteiger partial charge in [0.15, 0.2) is 0 Å². The highest BCUT2D eigenvalue weighted by Gasteiger charge is 2.37. The molecule has 0 aliphatic heterocycles. The summed E-state index contributed by atoms with van der Waals surface area (Å²) in [7, 11) is 0. The highest BCUT2D eigenvalue weighted by atomic mass is 15.2. The topological polar surface area (TPSA) is 30.7 Å². The van der Waals surface area contributed by atoms with E-state index in [9.17, 15) is 0 Å². The zero-order valence-corrected chi connectivity index (χ0v) is 26.8. The van der Waals surface area contributed by atoms with Crippen LogP contribution in [0.1, 0.15) is 25.0 Å². The van der Waals surface area contributed by atoms with Crippen LogP contribution in [0.25, 0.3) is 82.9 Å². The first-order valence-corrected chi connectivity index (χ1v) is 16.6. The molecule has 0 spiro atoms. The molecule has 0 bridgehead atoms. The van der Waals surface area contributed by atoms with Gasteiger partial charge in [-0.3, -0.25) is 4.57 Å². The van der Waals surface area contributed by atoms with Crippen LogP contribution in [0.4, 0.5) is 0 Å². The highest BCUT2D eigenvalue weighted by Crippen LogP contribution is 2.53. The molecule has 0 N–H and O–H groups in total. The summed E-state index contributed by atoms with van der Waals surface area (Å²) < 4.78 is 2.32. The number of hydrogen-bond acceptors (Lipinski definition) is 2. The van der Waals surface area contributed by atoms with Crippen LogP contribution in [0, 0.1) is 0 Å². The van der Waals surface area contributed by atoms with Crippen molar-refractivity contribution in [2.24, 2.45) is 0 Å². The number of rotatable bonds is 3. The van der Waals surface area contributed by atoms with Gasteiger partial charge in [-0.15, -0.1) is 0 Å². The number of aromatic nitrogens is 3. The predicted molar refractivity (Wildman–Crippen MR) is 200 cm³/mol. The van der Waals surface area contributed by atoms with Crippen molar-refractivity contribution in [3.05, 3.63) is 163 Å². The minimum absolute atomic E-state index is 0.0925. The lowest BCUT2D eigenvalue weighted by molar-refractivity contribution is 0.660. The minimum atomic E-state index is -0.0925. The molecule has 7 aromatic carbocycles. The van der Waals surface area contributed by atoms with E-state index in [0.717, 1.165) is 33.2 Å². The monoisotopic (exact) mass is 613 g/mol. The molecule has 0 saturated carbocycles. The number of para-hydroxylation sites is 2. The molecule has 0 fully saturated rings. The molecule has 1 aliphatic carbocycles. The van der Waals surface area contributed by atoms with E-state index in [0.29, 0.717) is 5.95 Å². The van der Waals surface area contributed by atoms with Gasteiger partial charge >= 0.3 is 0 Å². The lowest BCUT2D eigenvalue weighted by Gasteiger charge is -2.21. The molecule has 0 unspecified atom stereocenters. The van der Waals surface area contributed by atoms with Crippen molar-refractivity contribution in [3.63, 3.8) is 0 Å². The summed E-state index contributed by atoms with van der Waals surface area (Å²) in [4.78, 5) is 10.7. The van der Waals surface area contributed by atoms with Crippen LogP contribution in [0.3, 0.4) is 0 Å². The first-order valence-electron chi connectivity index (χ1n) is 16.6. The molecule has 3 heteroatoms. The molecular formula is C45H31N3. The molecule has 3 nitrogen and oxygen atoms in total. The molecule has 10 rings (SSSR count). The van der Waals surface area contributed by atoms with Crippen molar-refractivity contribution in [1.82, 2.24) is 14.5 Å². The minimum Gasteiger partial charge on any atom is -0.277 e. The van der Waals surface area contributed by atoms with Crippen LogP contribution in [0.5, 0.6) is 0 Å². The van der Waals surface area contributed by atoms with Crippen LogP contribution in [0.15, 0.2) is 152 Å². The van der Waals surface area contributed by atoms with E-state index in [2.05, 4.69) is 170 Å². The summed E-state index contributed by atoms with van der Waals surface area (Å²) in [6.45, 7) is 4.69. The van der Waals surface area contributed by atoms with Crippen molar-refractivity contribution < 1.29 is 0 Å². The van der Waals surface area contributed by atoms with E-state index in [1.165, 1.54) is 54.9 Å². The fourth-order valence-corrected chi connectivity index (χ4v) is 8.22. The molecule has 0 atom stereocenters. The van der Waals surface area contributed by atoms with E-state index in [1.807, 2.05) is 0 Å². The van der Waals surface area contributed by atoms with Crippen molar-refractivity contribution in [3.8, 4) is 39.5 Å². The van der Waals surface area contributed by atoms with Crippen LogP contribution < -0.4 is 0 Å². The molecule has 2 aromatic heterocycles. The van der Waals surface area contributed by atoms with E-state index >= 15 is 0 Å². The molecule has 226 valence electrons. The normalized spacial score (nSPS) is 13.4. The van der Waals surface area contributed by atoms with E-state index in [1.54, 1.807) is 0 Å². The Labute approximate surface area is 278 Å². The number of fused-ring (bicyclic) bond motifs is 9. The van der Waals surface area contributed by atoms with Crippen LogP contribution in [-0.2, 0) is 5.41 Å². The Kier molecular flexibility index (Phi) is 5.63. The first-order chi connectivity index (χ1) is 23.6. The third-order valence-electron chi connectivity index (χ3n) is 10.4. The molecule has 0 radical (unpaired) electrons. The van der Waals surface area contributed by atoms with Gasteiger partial charge in [0, 0.05) is 32.7 Å². The maximum absolute atomic E-state index is 5.41.